The van der Waals surface area contributed by atoms with E-state index in [1.54, 1.807) is 67.6 Å². The lowest BCUT2D eigenvalue weighted by atomic mass is 10.0. The van der Waals surface area contributed by atoms with Gasteiger partial charge >= 0.3 is 5.97 Å². The second-order valence-electron chi connectivity index (χ2n) is 7.47. The van der Waals surface area contributed by atoms with Crippen LogP contribution in [0.5, 0.6) is 0 Å². The van der Waals surface area contributed by atoms with Crippen molar-refractivity contribution in [1.29, 1.82) is 0 Å². The number of anilines is 1. The normalized spacial score (nSPS) is 13.0. The molecule has 6 nitrogen and oxygen atoms in total. The van der Waals surface area contributed by atoms with Crippen LogP contribution in [0.25, 0.3) is 22.2 Å². The number of aromatic nitrogens is 1. The van der Waals surface area contributed by atoms with Crippen molar-refractivity contribution in [3.8, 4) is 11.3 Å². The summed E-state index contributed by atoms with van der Waals surface area (Å²) in [5.41, 5.74) is 3.59. The topological polar surface area (TPSA) is 87.6 Å². The quantitative estimate of drug-likeness (QED) is 0.431. The fraction of sp³-hybridized carbons (Fsp3) is 0.0400. The van der Waals surface area contributed by atoms with Crippen LogP contribution < -0.4 is 4.90 Å². The first-order chi connectivity index (χ1) is 15.4. The van der Waals surface area contributed by atoms with E-state index in [4.69, 9.17) is 11.6 Å². The number of hydrogen-bond acceptors (Lipinski definition) is 4. The first kappa shape index (κ1) is 19.9. The molecule has 1 aliphatic rings. The van der Waals surface area contributed by atoms with Gasteiger partial charge in [-0.05, 0) is 48.9 Å². The fourth-order valence-corrected chi connectivity index (χ4v) is 4.09. The highest BCUT2D eigenvalue weighted by Crippen LogP contribution is 2.32. The zero-order chi connectivity index (χ0) is 22.6. The van der Waals surface area contributed by atoms with Crippen LogP contribution in [0.1, 0.15) is 36.6 Å². The van der Waals surface area contributed by atoms with Gasteiger partial charge in [0.15, 0.2) is 0 Å². The molecule has 0 atom stereocenters. The number of benzene rings is 3. The summed E-state index contributed by atoms with van der Waals surface area (Å²) < 4.78 is 0. The first-order valence-corrected chi connectivity index (χ1v) is 10.2. The van der Waals surface area contributed by atoms with Crippen LogP contribution in [0.3, 0.4) is 0 Å². The molecule has 0 saturated carbocycles. The van der Waals surface area contributed by atoms with Gasteiger partial charge in [0, 0.05) is 16.0 Å². The Morgan fingerprint density at radius 2 is 1.56 bits per heavy atom. The molecule has 5 rings (SSSR count). The Balaban J connectivity index is 1.58. The molecule has 1 aliphatic heterocycles. The molecule has 0 unspecified atom stereocenters. The van der Waals surface area contributed by atoms with Crippen LogP contribution in [0.4, 0.5) is 5.69 Å². The van der Waals surface area contributed by atoms with Crippen molar-refractivity contribution in [3.63, 3.8) is 0 Å². The second-order valence-corrected chi connectivity index (χ2v) is 7.87. The number of carboxylic acids is 1. The van der Waals surface area contributed by atoms with E-state index in [-0.39, 0.29) is 17.4 Å². The van der Waals surface area contributed by atoms with Gasteiger partial charge in [-0.1, -0.05) is 41.9 Å². The third-order valence-electron chi connectivity index (χ3n) is 5.61. The van der Waals surface area contributed by atoms with Crippen molar-refractivity contribution in [2.24, 2.45) is 0 Å². The van der Waals surface area contributed by atoms with E-state index in [0.717, 1.165) is 4.90 Å². The van der Waals surface area contributed by atoms with Crippen molar-refractivity contribution in [2.75, 3.05) is 4.90 Å². The third-order valence-corrected chi connectivity index (χ3v) is 6.02. The van der Waals surface area contributed by atoms with Crippen molar-refractivity contribution in [3.05, 3.63) is 94.0 Å². The van der Waals surface area contributed by atoms with E-state index < -0.39 is 5.97 Å². The minimum atomic E-state index is -1.07. The highest BCUT2D eigenvalue weighted by atomic mass is 35.5. The lowest BCUT2D eigenvalue weighted by molar-refractivity contribution is 0.0698. The number of imide groups is 1. The molecule has 0 fully saturated rings. The molecule has 7 heteroatoms. The van der Waals surface area contributed by atoms with Crippen LogP contribution in [0.2, 0.25) is 5.02 Å². The summed E-state index contributed by atoms with van der Waals surface area (Å²) in [6.45, 7) is 1.79. The molecule has 1 aromatic heterocycles. The predicted octanol–water partition coefficient (Wildman–Crippen LogP) is 5.36. The standard InChI is InChI=1S/C25H15ClN2O4/c1-13-20(26)11-10-16-19(25(31)32)12-21(27-22(13)16)14-6-8-15(9-7-14)28-23(29)17-4-2-3-5-18(17)24(28)30/h2-12H,1H3,(H,31,32). The highest BCUT2D eigenvalue weighted by molar-refractivity contribution is 6.34. The minimum absolute atomic E-state index is 0.120. The molecular formula is C25H15ClN2O4. The Kier molecular flexibility index (Phi) is 4.53. The Hall–Kier alpha value is -4.03. The van der Waals surface area contributed by atoms with Gasteiger partial charge in [-0.25, -0.2) is 14.7 Å². The molecule has 0 radical (unpaired) electrons. The SMILES string of the molecule is Cc1c(Cl)ccc2c(C(=O)O)cc(-c3ccc(N4C(=O)c5ccccc5C4=O)cc3)nc12. The Morgan fingerprint density at radius 3 is 2.16 bits per heavy atom. The van der Waals surface area contributed by atoms with Gasteiger partial charge in [-0.15, -0.1) is 0 Å². The lowest BCUT2D eigenvalue weighted by Gasteiger charge is -2.15. The Labute approximate surface area is 187 Å². The average Bonchev–Trinajstić information content (AvgIpc) is 3.06. The monoisotopic (exact) mass is 442 g/mol. The molecule has 3 aromatic carbocycles. The number of carbonyl (C=O) groups is 3. The number of amides is 2. The number of carbonyl (C=O) groups excluding carboxylic acids is 2. The summed E-state index contributed by atoms with van der Waals surface area (Å²) in [5.74, 6) is -1.82. The van der Waals surface area contributed by atoms with Crippen molar-refractivity contribution in [2.45, 2.75) is 6.92 Å². The molecule has 0 bridgehead atoms. The number of pyridine rings is 1. The van der Waals surface area contributed by atoms with Gasteiger partial charge in [-0.3, -0.25) is 9.59 Å². The van der Waals surface area contributed by atoms with Crippen molar-refractivity contribution in [1.82, 2.24) is 4.98 Å². The van der Waals surface area contributed by atoms with E-state index in [0.29, 0.717) is 49.6 Å². The van der Waals surface area contributed by atoms with Gasteiger partial charge in [0.2, 0.25) is 0 Å². The average molecular weight is 443 g/mol. The number of rotatable bonds is 3. The highest BCUT2D eigenvalue weighted by Gasteiger charge is 2.36. The van der Waals surface area contributed by atoms with Gasteiger partial charge in [0.05, 0.1) is 33.6 Å². The summed E-state index contributed by atoms with van der Waals surface area (Å²) in [6.07, 6.45) is 0. The molecule has 156 valence electrons. The molecule has 0 aliphatic carbocycles. The van der Waals surface area contributed by atoms with Crippen molar-refractivity contribution >= 4 is 46.0 Å². The van der Waals surface area contributed by atoms with Crippen LogP contribution in [0, 0.1) is 6.92 Å². The largest absolute Gasteiger partial charge is 0.478 e. The molecule has 4 aromatic rings. The van der Waals surface area contributed by atoms with Gasteiger partial charge in [-0.2, -0.15) is 0 Å². The molecule has 32 heavy (non-hydrogen) atoms. The smallest absolute Gasteiger partial charge is 0.336 e. The van der Waals surface area contributed by atoms with Crippen LogP contribution in [-0.4, -0.2) is 27.9 Å². The maximum Gasteiger partial charge on any atom is 0.336 e. The van der Waals surface area contributed by atoms with Crippen LogP contribution in [-0.2, 0) is 0 Å². The zero-order valence-electron chi connectivity index (χ0n) is 16.8. The number of aryl methyl sites for hydroxylation is 1. The molecule has 2 heterocycles. The number of nitrogens with zero attached hydrogens (tertiary/aromatic N) is 2. The summed E-state index contributed by atoms with van der Waals surface area (Å²) >= 11 is 6.22. The third kappa shape index (κ3) is 2.96. The zero-order valence-corrected chi connectivity index (χ0v) is 17.6. The molecular weight excluding hydrogens is 428 g/mol. The number of fused-ring (bicyclic) bond motifs is 2. The summed E-state index contributed by atoms with van der Waals surface area (Å²) in [5, 5.41) is 10.7. The fourth-order valence-electron chi connectivity index (χ4n) is 3.93. The van der Waals surface area contributed by atoms with E-state index in [9.17, 15) is 19.5 Å². The minimum Gasteiger partial charge on any atom is -0.478 e. The Morgan fingerprint density at radius 1 is 0.938 bits per heavy atom. The molecule has 1 N–H and O–H groups in total. The van der Waals surface area contributed by atoms with Crippen molar-refractivity contribution < 1.29 is 19.5 Å². The van der Waals surface area contributed by atoms with Gasteiger partial charge < -0.3 is 5.11 Å². The number of halogens is 1. The molecule has 2 amide bonds. The summed E-state index contributed by atoms with van der Waals surface area (Å²) in [4.78, 5) is 43.1. The number of hydrogen-bond donors (Lipinski definition) is 1. The number of carboxylic acid groups (broad SMARTS) is 1. The number of aromatic carboxylic acids is 1. The second kappa shape index (κ2) is 7.28. The Bertz CT molecular complexity index is 1430. The maximum atomic E-state index is 12.7. The van der Waals surface area contributed by atoms with E-state index >= 15 is 0 Å². The lowest BCUT2D eigenvalue weighted by Crippen LogP contribution is -2.29. The summed E-state index contributed by atoms with van der Waals surface area (Å²) in [7, 11) is 0. The van der Waals surface area contributed by atoms with E-state index in [1.165, 1.54) is 6.07 Å². The van der Waals surface area contributed by atoms with E-state index in [1.807, 2.05) is 0 Å². The molecule has 0 spiro atoms. The van der Waals surface area contributed by atoms with Crippen LogP contribution >= 0.6 is 11.6 Å². The predicted molar refractivity (Wildman–Crippen MR) is 121 cm³/mol. The van der Waals surface area contributed by atoms with Crippen LogP contribution in [0.15, 0.2) is 66.7 Å². The van der Waals surface area contributed by atoms with E-state index in [2.05, 4.69) is 4.98 Å². The summed E-state index contributed by atoms with van der Waals surface area (Å²) in [6, 6.07) is 18.2. The molecule has 0 saturated heterocycles. The first-order valence-electron chi connectivity index (χ1n) is 9.78. The van der Waals surface area contributed by atoms with Gasteiger partial charge in [0.1, 0.15) is 0 Å². The van der Waals surface area contributed by atoms with Gasteiger partial charge in [0.25, 0.3) is 11.8 Å². The maximum absolute atomic E-state index is 12.7.